The van der Waals surface area contributed by atoms with Crippen molar-refractivity contribution < 1.29 is 4.79 Å². The molecule has 0 spiro atoms. The molecule has 2 N–H and O–H groups in total. The molecule has 1 saturated heterocycles. The Morgan fingerprint density at radius 1 is 1.71 bits per heavy atom. The number of nitrogens with two attached hydrogens (primary N) is 1. The summed E-state index contributed by atoms with van der Waals surface area (Å²) >= 11 is 1.92. The van der Waals surface area contributed by atoms with Crippen LogP contribution in [0.5, 0.6) is 0 Å². The maximum Gasteiger partial charge on any atom is 0.224 e. The summed E-state index contributed by atoms with van der Waals surface area (Å²) in [5.41, 5.74) is 5.59. The highest BCUT2D eigenvalue weighted by atomic mass is 35.5. The first kappa shape index (κ1) is 14.1. The number of amides is 1. The van der Waals surface area contributed by atoms with E-state index in [1.165, 1.54) is 0 Å². The third kappa shape index (κ3) is 4.07. The second-order valence-electron chi connectivity index (χ2n) is 3.69. The lowest BCUT2D eigenvalue weighted by Crippen LogP contribution is -2.45. The largest absolute Gasteiger partial charge is 0.338 e. The van der Waals surface area contributed by atoms with Gasteiger partial charge < -0.3 is 10.6 Å². The Hall–Kier alpha value is 0.0700. The fourth-order valence-electron chi connectivity index (χ4n) is 1.49. The van der Waals surface area contributed by atoms with Crippen LogP contribution < -0.4 is 5.73 Å². The fourth-order valence-corrected chi connectivity index (χ4v) is 2.50. The van der Waals surface area contributed by atoms with Gasteiger partial charge in [0.05, 0.1) is 0 Å². The van der Waals surface area contributed by atoms with E-state index in [2.05, 4.69) is 6.92 Å². The number of rotatable bonds is 2. The molecule has 1 rings (SSSR count). The number of carbonyl (C=O) groups is 1. The Bertz CT molecular complexity index is 190. The van der Waals surface area contributed by atoms with Crippen LogP contribution in [0.3, 0.4) is 0 Å². The Morgan fingerprint density at radius 3 is 2.86 bits per heavy atom. The Balaban J connectivity index is 0.00000169. The molecule has 0 radical (unpaired) electrons. The van der Waals surface area contributed by atoms with Crippen LogP contribution in [-0.2, 0) is 4.79 Å². The number of thioether (sulfide) groups is 1. The third-order valence-corrected chi connectivity index (χ3v) is 3.37. The molecule has 0 bridgehead atoms. The van der Waals surface area contributed by atoms with Crippen molar-refractivity contribution in [2.45, 2.75) is 32.4 Å². The van der Waals surface area contributed by atoms with Crippen molar-refractivity contribution in [3.8, 4) is 0 Å². The maximum absolute atomic E-state index is 11.7. The van der Waals surface area contributed by atoms with Crippen molar-refractivity contribution >= 4 is 30.1 Å². The summed E-state index contributed by atoms with van der Waals surface area (Å²) in [5.74, 6) is 2.34. The summed E-state index contributed by atoms with van der Waals surface area (Å²) in [7, 11) is 0. The third-order valence-electron chi connectivity index (χ3n) is 2.18. The van der Waals surface area contributed by atoms with Crippen LogP contribution >= 0.6 is 24.2 Å². The molecule has 1 amide bonds. The molecule has 0 aromatic heterocycles. The normalized spacial score (nSPS) is 23.9. The zero-order valence-electron chi connectivity index (χ0n) is 8.73. The molecule has 0 aromatic rings. The van der Waals surface area contributed by atoms with E-state index >= 15 is 0 Å². The number of hydrogen-bond acceptors (Lipinski definition) is 3. The molecule has 0 saturated carbocycles. The van der Waals surface area contributed by atoms with Gasteiger partial charge >= 0.3 is 0 Å². The van der Waals surface area contributed by atoms with Gasteiger partial charge in [0, 0.05) is 36.6 Å². The number of carbonyl (C=O) groups excluding carboxylic acids is 1. The monoisotopic (exact) mass is 238 g/mol. The number of halogens is 1. The van der Waals surface area contributed by atoms with E-state index in [0.29, 0.717) is 12.5 Å². The second kappa shape index (κ2) is 6.53. The van der Waals surface area contributed by atoms with Gasteiger partial charge in [-0.1, -0.05) is 0 Å². The molecular formula is C9H19ClN2OS. The SMILES string of the molecule is CC(N)CC(=O)N1CCSCC1C.Cl. The summed E-state index contributed by atoms with van der Waals surface area (Å²) in [6.07, 6.45) is 0.481. The lowest BCUT2D eigenvalue weighted by molar-refractivity contribution is -0.132. The smallest absolute Gasteiger partial charge is 0.224 e. The van der Waals surface area contributed by atoms with Gasteiger partial charge in [-0.15, -0.1) is 12.4 Å². The molecule has 1 aliphatic heterocycles. The van der Waals surface area contributed by atoms with E-state index in [0.717, 1.165) is 18.1 Å². The molecule has 1 aliphatic rings. The van der Waals surface area contributed by atoms with Crippen LogP contribution in [0.4, 0.5) is 0 Å². The van der Waals surface area contributed by atoms with Gasteiger partial charge in [0.2, 0.25) is 5.91 Å². The second-order valence-corrected chi connectivity index (χ2v) is 4.84. The van der Waals surface area contributed by atoms with E-state index in [9.17, 15) is 4.79 Å². The van der Waals surface area contributed by atoms with Crippen molar-refractivity contribution in [1.29, 1.82) is 0 Å². The topological polar surface area (TPSA) is 46.3 Å². The zero-order valence-corrected chi connectivity index (χ0v) is 10.4. The van der Waals surface area contributed by atoms with E-state index < -0.39 is 0 Å². The lowest BCUT2D eigenvalue weighted by Gasteiger charge is -2.33. The van der Waals surface area contributed by atoms with Crippen LogP contribution in [0, 0.1) is 0 Å². The molecule has 84 valence electrons. The summed E-state index contributed by atoms with van der Waals surface area (Å²) in [5, 5.41) is 0. The molecule has 0 aliphatic carbocycles. The predicted molar refractivity (Wildman–Crippen MR) is 64.0 cm³/mol. The predicted octanol–water partition coefficient (Wildman–Crippen LogP) is 1.11. The molecule has 2 atom stereocenters. The van der Waals surface area contributed by atoms with E-state index in [4.69, 9.17) is 5.73 Å². The Morgan fingerprint density at radius 2 is 2.36 bits per heavy atom. The van der Waals surface area contributed by atoms with E-state index in [1.807, 2.05) is 23.6 Å². The van der Waals surface area contributed by atoms with Gasteiger partial charge in [0.25, 0.3) is 0 Å². The van der Waals surface area contributed by atoms with E-state index in [-0.39, 0.29) is 24.4 Å². The molecule has 0 aromatic carbocycles. The highest BCUT2D eigenvalue weighted by molar-refractivity contribution is 7.99. The lowest BCUT2D eigenvalue weighted by atomic mass is 10.2. The molecule has 3 nitrogen and oxygen atoms in total. The summed E-state index contributed by atoms with van der Waals surface area (Å²) in [6.45, 7) is 4.86. The van der Waals surface area contributed by atoms with Gasteiger partial charge in [-0.05, 0) is 13.8 Å². The van der Waals surface area contributed by atoms with Crippen molar-refractivity contribution in [3.63, 3.8) is 0 Å². The zero-order chi connectivity index (χ0) is 9.84. The summed E-state index contributed by atoms with van der Waals surface area (Å²) < 4.78 is 0. The van der Waals surface area contributed by atoms with Crippen LogP contribution in [0.25, 0.3) is 0 Å². The molecule has 14 heavy (non-hydrogen) atoms. The van der Waals surface area contributed by atoms with Gasteiger partial charge in [-0.3, -0.25) is 4.79 Å². The van der Waals surface area contributed by atoms with Crippen LogP contribution in [-0.4, -0.2) is 40.9 Å². The van der Waals surface area contributed by atoms with Gasteiger partial charge in [0.15, 0.2) is 0 Å². The average Bonchev–Trinajstić information content (AvgIpc) is 2.03. The molecular weight excluding hydrogens is 220 g/mol. The minimum Gasteiger partial charge on any atom is -0.338 e. The Kier molecular flexibility index (Phi) is 6.57. The Labute approximate surface area is 96.2 Å². The number of nitrogens with zero attached hydrogens (tertiary/aromatic N) is 1. The van der Waals surface area contributed by atoms with Crippen LogP contribution in [0.2, 0.25) is 0 Å². The molecule has 1 fully saturated rings. The van der Waals surface area contributed by atoms with Crippen molar-refractivity contribution in [2.75, 3.05) is 18.1 Å². The minimum absolute atomic E-state index is 0. The summed E-state index contributed by atoms with van der Waals surface area (Å²) in [6, 6.07) is 0.360. The molecule has 1 heterocycles. The number of hydrogen-bond donors (Lipinski definition) is 1. The van der Waals surface area contributed by atoms with Gasteiger partial charge in [-0.25, -0.2) is 0 Å². The van der Waals surface area contributed by atoms with E-state index in [1.54, 1.807) is 0 Å². The van der Waals surface area contributed by atoms with Crippen LogP contribution in [0.15, 0.2) is 0 Å². The summed E-state index contributed by atoms with van der Waals surface area (Å²) in [4.78, 5) is 13.6. The highest BCUT2D eigenvalue weighted by Gasteiger charge is 2.23. The van der Waals surface area contributed by atoms with Crippen molar-refractivity contribution in [3.05, 3.63) is 0 Å². The van der Waals surface area contributed by atoms with Gasteiger partial charge in [0.1, 0.15) is 0 Å². The maximum atomic E-state index is 11.7. The first-order valence-electron chi connectivity index (χ1n) is 4.74. The quantitative estimate of drug-likeness (QED) is 0.784. The highest BCUT2D eigenvalue weighted by Crippen LogP contribution is 2.16. The standard InChI is InChI=1S/C9H18N2OS.ClH/c1-7(10)5-9(12)11-3-4-13-6-8(11)2;/h7-8H,3-6,10H2,1-2H3;1H. The van der Waals surface area contributed by atoms with Crippen LogP contribution in [0.1, 0.15) is 20.3 Å². The minimum atomic E-state index is -0.0192. The fraction of sp³-hybridized carbons (Fsp3) is 0.889. The average molecular weight is 239 g/mol. The van der Waals surface area contributed by atoms with Crippen molar-refractivity contribution in [2.24, 2.45) is 5.73 Å². The molecule has 5 heteroatoms. The van der Waals surface area contributed by atoms with Crippen molar-refractivity contribution in [1.82, 2.24) is 4.90 Å². The first-order valence-corrected chi connectivity index (χ1v) is 5.89. The molecule has 2 unspecified atom stereocenters. The first-order chi connectivity index (χ1) is 6.11. The van der Waals surface area contributed by atoms with Gasteiger partial charge in [-0.2, -0.15) is 11.8 Å².